The summed E-state index contributed by atoms with van der Waals surface area (Å²) in [6, 6.07) is 8.00. The summed E-state index contributed by atoms with van der Waals surface area (Å²) < 4.78 is 13.5. The molecule has 80 valence electrons. The van der Waals surface area contributed by atoms with Crippen molar-refractivity contribution in [2.24, 2.45) is 0 Å². The summed E-state index contributed by atoms with van der Waals surface area (Å²) in [6.07, 6.45) is 3.92. The molecule has 0 atom stereocenters. The lowest BCUT2D eigenvalue weighted by Gasteiger charge is -2.05. The molecule has 0 aliphatic rings. The Balaban J connectivity index is 2.38. The van der Waals surface area contributed by atoms with Gasteiger partial charge in [0.2, 0.25) is 0 Å². The van der Waals surface area contributed by atoms with Crippen LogP contribution in [0.15, 0.2) is 52.5 Å². The molecule has 16 heavy (non-hydrogen) atoms. The molecule has 0 aliphatic heterocycles. The van der Waals surface area contributed by atoms with Crippen LogP contribution >= 0.6 is 11.8 Å². The van der Waals surface area contributed by atoms with Crippen molar-refractivity contribution in [2.45, 2.75) is 9.79 Å². The van der Waals surface area contributed by atoms with Crippen LogP contribution in [0.2, 0.25) is 0 Å². The lowest BCUT2D eigenvalue weighted by molar-refractivity contribution is 0.112. The molecule has 1 aromatic carbocycles. The summed E-state index contributed by atoms with van der Waals surface area (Å²) >= 11 is 1.22. The average molecular weight is 233 g/mol. The Bertz CT molecular complexity index is 502. The fourth-order valence-corrected chi connectivity index (χ4v) is 2.14. The molecule has 0 fully saturated rings. The molecule has 0 saturated carbocycles. The Labute approximate surface area is 96.5 Å². The van der Waals surface area contributed by atoms with Gasteiger partial charge in [0.05, 0.1) is 4.90 Å². The molecule has 2 aromatic rings. The zero-order valence-electron chi connectivity index (χ0n) is 8.26. The van der Waals surface area contributed by atoms with E-state index in [0.717, 1.165) is 4.90 Å². The molecule has 0 bridgehead atoms. The molecule has 2 rings (SSSR count). The summed E-state index contributed by atoms with van der Waals surface area (Å²) in [7, 11) is 0. The smallest absolute Gasteiger partial charge is 0.151 e. The molecule has 0 N–H and O–H groups in total. The van der Waals surface area contributed by atoms with Crippen LogP contribution in [0.1, 0.15) is 10.4 Å². The van der Waals surface area contributed by atoms with Crippen LogP contribution in [0.4, 0.5) is 4.39 Å². The molecule has 0 spiro atoms. The van der Waals surface area contributed by atoms with Gasteiger partial charge < -0.3 is 0 Å². The van der Waals surface area contributed by atoms with Gasteiger partial charge in [0.1, 0.15) is 5.82 Å². The van der Waals surface area contributed by atoms with Crippen molar-refractivity contribution < 1.29 is 9.18 Å². The molecule has 0 unspecified atom stereocenters. The van der Waals surface area contributed by atoms with Crippen molar-refractivity contribution in [3.63, 3.8) is 0 Å². The van der Waals surface area contributed by atoms with Gasteiger partial charge in [-0.1, -0.05) is 23.9 Å². The standard InChI is InChI=1S/C12H8FNOS/c13-11-3-1-2-9(8-15)12(11)16-10-4-6-14-7-5-10/h1-8H. The van der Waals surface area contributed by atoms with Gasteiger partial charge in [0, 0.05) is 22.9 Å². The van der Waals surface area contributed by atoms with E-state index < -0.39 is 0 Å². The first-order valence-electron chi connectivity index (χ1n) is 4.63. The normalized spacial score (nSPS) is 10.1. The maximum atomic E-state index is 13.5. The van der Waals surface area contributed by atoms with Crippen LogP contribution in [0.3, 0.4) is 0 Å². The SMILES string of the molecule is O=Cc1cccc(F)c1Sc1ccncc1. The number of nitrogens with zero attached hydrogens (tertiary/aromatic N) is 1. The van der Waals surface area contributed by atoms with Crippen LogP contribution in [0.25, 0.3) is 0 Å². The van der Waals surface area contributed by atoms with E-state index in [4.69, 9.17) is 0 Å². The van der Waals surface area contributed by atoms with Gasteiger partial charge in [0.15, 0.2) is 6.29 Å². The maximum absolute atomic E-state index is 13.5. The number of carbonyl (C=O) groups is 1. The van der Waals surface area contributed by atoms with E-state index in [1.807, 2.05) is 0 Å². The van der Waals surface area contributed by atoms with Crippen molar-refractivity contribution in [1.82, 2.24) is 4.98 Å². The van der Waals surface area contributed by atoms with Crippen LogP contribution < -0.4 is 0 Å². The van der Waals surface area contributed by atoms with E-state index in [-0.39, 0.29) is 5.82 Å². The number of hydrogen-bond acceptors (Lipinski definition) is 3. The quantitative estimate of drug-likeness (QED) is 0.763. The summed E-state index contributed by atoms with van der Waals surface area (Å²) in [5.41, 5.74) is 0.363. The molecule has 1 heterocycles. The lowest BCUT2D eigenvalue weighted by Crippen LogP contribution is -1.89. The second-order valence-electron chi connectivity index (χ2n) is 3.06. The number of carbonyl (C=O) groups excluding carboxylic acids is 1. The molecular weight excluding hydrogens is 225 g/mol. The minimum absolute atomic E-state index is 0.351. The number of aldehydes is 1. The van der Waals surface area contributed by atoms with E-state index >= 15 is 0 Å². The third-order valence-corrected chi connectivity index (χ3v) is 3.14. The van der Waals surface area contributed by atoms with Gasteiger partial charge in [-0.2, -0.15) is 0 Å². The number of halogens is 1. The monoisotopic (exact) mass is 233 g/mol. The lowest BCUT2D eigenvalue weighted by atomic mass is 10.2. The van der Waals surface area contributed by atoms with Crippen LogP contribution in [-0.2, 0) is 0 Å². The summed E-state index contributed by atoms with van der Waals surface area (Å²) in [5.74, 6) is -0.383. The third-order valence-electron chi connectivity index (χ3n) is 1.99. The average Bonchev–Trinajstić information content (AvgIpc) is 2.33. The Morgan fingerprint density at radius 2 is 1.94 bits per heavy atom. The van der Waals surface area contributed by atoms with Gasteiger partial charge in [-0.25, -0.2) is 4.39 Å². The van der Waals surface area contributed by atoms with Crippen LogP contribution in [0, 0.1) is 5.82 Å². The van der Waals surface area contributed by atoms with Gasteiger partial charge in [0.25, 0.3) is 0 Å². The highest BCUT2D eigenvalue weighted by Crippen LogP contribution is 2.31. The maximum Gasteiger partial charge on any atom is 0.151 e. The van der Waals surface area contributed by atoms with E-state index in [2.05, 4.69) is 4.98 Å². The molecule has 0 radical (unpaired) electrons. The number of rotatable bonds is 3. The van der Waals surface area contributed by atoms with Crippen LogP contribution in [0.5, 0.6) is 0 Å². The van der Waals surface area contributed by atoms with E-state index in [1.165, 1.54) is 23.9 Å². The molecule has 0 amide bonds. The molecule has 0 aliphatic carbocycles. The highest BCUT2D eigenvalue weighted by molar-refractivity contribution is 7.99. The largest absolute Gasteiger partial charge is 0.298 e. The van der Waals surface area contributed by atoms with E-state index in [9.17, 15) is 9.18 Å². The summed E-state index contributed by atoms with van der Waals surface area (Å²) in [5, 5.41) is 0. The third kappa shape index (κ3) is 2.28. The second kappa shape index (κ2) is 4.90. The second-order valence-corrected chi connectivity index (χ2v) is 4.14. The number of aromatic nitrogens is 1. The topological polar surface area (TPSA) is 30.0 Å². The molecular formula is C12H8FNOS. The Morgan fingerprint density at radius 1 is 1.19 bits per heavy atom. The Morgan fingerprint density at radius 3 is 2.62 bits per heavy atom. The van der Waals surface area contributed by atoms with Gasteiger partial charge in [-0.3, -0.25) is 9.78 Å². The van der Waals surface area contributed by atoms with Crippen molar-refractivity contribution in [3.8, 4) is 0 Å². The number of pyridine rings is 1. The zero-order chi connectivity index (χ0) is 11.4. The van der Waals surface area contributed by atoms with Crippen molar-refractivity contribution in [1.29, 1.82) is 0 Å². The minimum Gasteiger partial charge on any atom is -0.298 e. The highest BCUT2D eigenvalue weighted by atomic mass is 32.2. The first kappa shape index (κ1) is 10.8. The first-order valence-corrected chi connectivity index (χ1v) is 5.44. The predicted octanol–water partition coefficient (Wildman–Crippen LogP) is 3.18. The van der Waals surface area contributed by atoms with Gasteiger partial charge in [-0.05, 0) is 18.2 Å². The first-order chi connectivity index (χ1) is 7.81. The molecule has 2 nitrogen and oxygen atoms in total. The van der Waals surface area contributed by atoms with E-state index in [0.29, 0.717) is 16.7 Å². The zero-order valence-corrected chi connectivity index (χ0v) is 9.08. The summed E-state index contributed by atoms with van der Waals surface area (Å²) in [4.78, 5) is 15.9. The van der Waals surface area contributed by atoms with Crippen molar-refractivity contribution >= 4 is 18.0 Å². The molecule has 1 aromatic heterocycles. The number of hydrogen-bond donors (Lipinski definition) is 0. The fraction of sp³-hybridized carbons (Fsp3) is 0. The molecule has 0 saturated heterocycles. The Kier molecular flexibility index (Phi) is 3.31. The minimum atomic E-state index is -0.383. The highest BCUT2D eigenvalue weighted by Gasteiger charge is 2.09. The van der Waals surface area contributed by atoms with Crippen molar-refractivity contribution in [2.75, 3.05) is 0 Å². The van der Waals surface area contributed by atoms with Gasteiger partial charge >= 0.3 is 0 Å². The van der Waals surface area contributed by atoms with E-state index in [1.54, 1.807) is 30.6 Å². The summed E-state index contributed by atoms with van der Waals surface area (Å²) in [6.45, 7) is 0. The van der Waals surface area contributed by atoms with Gasteiger partial charge in [-0.15, -0.1) is 0 Å². The van der Waals surface area contributed by atoms with Crippen LogP contribution in [-0.4, -0.2) is 11.3 Å². The number of benzene rings is 1. The molecule has 4 heteroatoms. The Hall–Kier alpha value is -1.68. The van der Waals surface area contributed by atoms with Crippen molar-refractivity contribution in [3.05, 3.63) is 54.1 Å². The fourth-order valence-electron chi connectivity index (χ4n) is 1.25. The predicted molar refractivity (Wildman–Crippen MR) is 60.1 cm³/mol.